The zero-order chi connectivity index (χ0) is 14.8. The molecule has 4 heteroatoms. The summed E-state index contributed by atoms with van der Waals surface area (Å²) in [5, 5.41) is 0. The monoisotopic (exact) mass is 280 g/mol. The van der Waals surface area contributed by atoms with E-state index in [1.807, 2.05) is 6.07 Å². The molecule has 1 aromatic carbocycles. The van der Waals surface area contributed by atoms with Gasteiger partial charge >= 0.3 is 0 Å². The SMILES string of the molecule is CCCOc1ccc(CC(CN)CN)cc1OCCC. The molecule has 0 radical (unpaired) electrons. The van der Waals surface area contributed by atoms with Crippen LogP contribution < -0.4 is 20.9 Å². The van der Waals surface area contributed by atoms with Crippen LogP contribution in [0.15, 0.2) is 18.2 Å². The van der Waals surface area contributed by atoms with E-state index in [0.29, 0.717) is 32.2 Å². The van der Waals surface area contributed by atoms with Crippen LogP contribution in [0.4, 0.5) is 0 Å². The molecule has 114 valence electrons. The van der Waals surface area contributed by atoms with Crippen LogP contribution >= 0.6 is 0 Å². The van der Waals surface area contributed by atoms with Crippen molar-refractivity contribution < 1.29 is 9.47 Å². The fraction of sp³-hybridized carbons (Fsp3) is 0.625. The molecule has 4 N–H and O–H groups in total. The molecule has 0 heterocycles. The van der Waals surface area contributed by atoms with Crippen LogP contribution in [0.25, 0.3) is 0 Å². The summed E-state index contributed by atoms with van der Waals surface area (Å²) in [6.07, 6.45) is 2.84. The standard InChI is InChI=1S/C16H28N2O2/c1-3-7-19-15-6-5-13(9-14(11-17)12-18)10-16(15)20-8-4-2/h5-6,10,14H,3-4,7-9,11-12,17-18H2,1-2H3. The maximum absolute atomic E-state index is 5.79. The van der Waals surface area contributed by atoms with Gasteiger partial charge in [0.1, 0.15) is 0 Å². The number of ether oxygens (including phenoxy) is 2. The van der Waals surface area contributed by atoms with Crippen LogP contribution in [-0.4, -0.2) is 26.3 Å². The smallest absolute Gasteiger partial charge is 0.161 e. The van der Waals surface area contributed by atoms with Crippen LogP contribution in [-0.2, 0) is 6.42 Å². The lowest BCUT2D eigenvalue weighted by Gasteiger charge is -2.16. The average Bonchev–Trinajstić information content (AvgIpc) is 2.49. The lowest BCUT2D eigenvalue weighted by molar-refractivity contribution is 0.268. The molecular weight excluding hydrogens is 252 g/mol. The molecule has 0 saturated heterocycles. The molecule has 1 rings (SSSR count). The van der Waals surface area contributed by atoms with Crippen molar-refractivity contribution in [3.05, 3.63) is 23.8 Å². The first-order valence-corrected chi connectivity index (χ1v) is 7.53. The number of nitrogens with two attached hydrogens (primary N) is 2. The van der Waals surface area contributed by atoms with Gasteiger partial charge in [0.25, 0.3) is 0 Å². The van der Waals surface area contributed by atoms with Gasteiger partial charge in [-0.15, -0.1) is 0 Å². The minimum Gasteiger partial charge on any atom is -0.490 e. The third-order valence-corrected chi connectivity index (χ3v) is 3.12. The Kier molecular flexibility index (Phi) is 8.07. The lowest BCUT2D eigenvalue weighted by Crippen LogP contribution is -2.25. The molecule has 0 saturated carbocycles. The van der Waals surface area contributed by atoms with Gasteiger partial charge in [0.15, 0.2) is 11.5 Å². The van der Waals surface area contributed by atoms with E-state index in [4.69, 9.17) is 20.9 Å². The fourth-order valence-electron chi connectivity index (χ4n) is 1.93. The summed E-state index contributed by atoms with van der Waals surface area (Å²) in [6, 6.07) is 6.11. The number of hydrogen-bond donors (Lipinski definition) is 2. The Morgan fingerprint density at radius 3 is 2.10 bits per heavy atom. The second-order valence-electron chi connectivity index (χ2n) is 5.02. The Hall–Kier alpha value is -1.26. The normalized spacial score (nSPS) is 10.8. The highest BCUT2D eigenvalue weighted by Crippen LogP contribution is 2.29. The van der Waals surface area contributed by atoms with Gasteiger partial charge in [-0.3, -0.25) is 0 Å². The van der Waals surface area contributed by atoms with Crippen molar-refractivity contribution in [3.8, 4) is 11.5 Å². The lowest BCUT2D eigenvalue weighted by atomic mass is 9.99. The van der Waals surface area contributed by atoms with Crippen LogP contribution in [0, 0.1) is 5.92 Å². The molecule has 0 unspecified atom stereocenters. The van der Waals surface area contributed by atoms with Crippen LogP contribution in [0.2, 0.25) is 0 Å². The first-order valence-electron chi connectivity index (χ1n) is 7.53. The van der Waals surface area contributed by atoms with Gasteiger partial charge in [-0.05, 0) is 56.0 Å². The van der Waals surface area contributed by atoms with Gasteiger partial charge in [0.2, 0.25) is 0 Å². The van der Waals surface area contributed by atoms with Crippen LogP contribution in [0.3, 0.4) is 0 Å². The van der Waals surface area contributed by atoms with E-state index in [1.165, 1.54) is 5.56 Å². The van der Waals surface area contributed by atoms with Gasteiger partial charge in [-0.2, -0.15) is 0 Å². The molecule has 1 aromatic rings. The molecule has 0 bridgehead atoms. The Bertz CT molecular complexity index is 379. The predicted molar refractivity (Wildman–Crippen MR) is 83.3 cm³/mol. The number of rotatable bonds is 10. The molecule has 4 nitrogen and oxygen atoms in total. The zero-order valence-corrected chi connectivity index (χ0v) is 12.7. The second-order valence-corrected chi connectivity index (χ2v) is 5.02. The number of benzene rings is 1. The van der Waals surface area contributed by atoms with Crippen molar-refractivity contribution in [2.24, 2.45) is 17.4 Å². The van der Waals surface area contributed by atoms with E-state index >= 15 is 0 Å². The third kappa shape index (κ3) is 5.39. The minimum atomic E-state index is 0.316. The Morgan fingerprint density at radius 2 is 1.55 bits per heavy atom. The van der Waals surface area contributed by atoms with Gasteiger partial charge in [-0.1, -0.05) is 19.9 Å². The summed E-state index contributed by atoms with van der Waals surface area (Å²) < 4.78 is 11.5. The highest BCUT2D eigenvalue weighted by atomic mass is 16.5. The first-order chi connectivity index (χ1) is 9.74. The summed E-state index contributed by atoms with van der Waals surface area (Å²) in [7, 11) is 0. The molecule has 0 aliphatic carbocycles. The zero-order valence-electron chi connectivity index (χ0n) is 12.7. The third-order valence-electron chi connectivity index (χ3n) is 3.12. The molecular formula is C16H28N2O2. The Balaban J connectivity index is 2.82. The maximum atomic E-state index is 5.79. The van der Waals surface area contributed by atoms with E-state index in [2.05, 4.69) is 26.0 Å². The van der Waals surface area contributed by atoms with E-state index in [9.17, 15) is 0 Å². The fourth-order valence-corrected chi connectivity index (χ4v) is 1.93. The van der Waals surface area contributed by atoms with Crippen molar-refractivity contribution in [2.75, 3.05) is 26.3 Å². The van der Waals surface area contributed by atoms with Crippen molar-refractivity contribution in [1.29, 1.82) is 0 Å². The van der Waals surface area contributed by atoms with Crippen molar-refractivity contribution in [2.45, 2.75) is 33.1 Å². The molecule has 0 aliphatic heterocycles. The molecule has 0 aromatic heterocycles. The minimum absolute atomic E-state index is 0.316. The van der Waals surface area contributed by atoms with Gasteiger partial charge in [-0.25, -0.2) is 0 Å². The second kappa shape index (κ2) is 9.61. The molecule has 0 atom stereocenters. The Morgan fingerprint density at radius 1 is 0.950 bits per heavy atom. The maximum Gasteiger partial charge on any atom is 0.161 e. The summed E-state index contributed by atoms with van der Waals surface area (Å²) in [5.74, 6) is 1.96. The first kappa shape index (κ1) is 16.8. The molecule has 0 amide bonds. The summed E-state index contributed by atoms with van der Waals surface area (Å²) >= 11 is 0. The molecule has 0 aliphatic rings. The van der Waals surface area contributed by atoms with Crippen LogP contribution in [0.5, 0.6) is 11.5 Å². The predicted octanol–water partition coefficient (Wildman–Crippen LogP) is 2.34. The molecule has 20 heavy (non-hydrogen) atoms. The van der Waals surface area contributed by atoms with Crippen LogP contribution in [0.1, 0.15) is 32.3 Å². The van der Waals surface area contributed by atoms with Gasteiger partial charge in [0.05, 0.1) is 13.2 Å². The van der Waals surface area contributed by atoms with E-state index < -0.39 is 0 Å². The van der Waals surface area contributed by atoms with Gasteiger partial charge < -0.3 is 20.9 Å². The summed E-state index contributed by atoms with van der Waals surface area (Å²) in [4.78, 5) is 0. The van der Waals surface area contributed by atoms with Crippen molar-refractivity contribution in [3.63, 3.8) is 0 Å². The van der Waals surface area contributed by atoms with E-state index in [1.54, 1.807) is 0 Å². The van der Waals surface area contributed by atoms with Crippen molar-refractivity contribution in [1.82, 2.24) is 0 Å². The summed E-state index contributed by atoms with van der Waals surface area (Å²) in [5.41, 5.74) is 12.6. The number of hydrogen-bond acceptors (Lipinski definition) is 4. The van der Waals surface area contributed by atoms with E-state index in [-0.39, 0.29) is 0 Å². The largest absolute Gasteiger partial charge is 0.490 e. The average molecular weight is 280 g/mol. The Labute approximate surface area is 122 Å². The highest BCUT2D eigenvalue weighted by molar-refractivity contribution is 5.43. The van der Waals surface area contributed by atoms with E-state index in [0.717, 1.165) is 30.8 Å². The summed E-state index contributed by atoms with van der Waals surface area (Å²) in [6.45, 7) is 6.80. The molecule has 0 spiro atoms. The van der Waals surface area contributed by atoms with Crippen molar-refractivity contribution >= 4 is 0 Å². The highest BCUT2D eigenvalue weighted by Gasteiger charge is 2.10. The van der Waals surface area contributed by atoms with Gasteiger partial charge in [0, 0.05) is 0 Å². The quantitative estimate of drug-likeness (QED) is 0.690. The topological polar surface area (TPSA) is 70.5 Å². The molecule has 0 fully saturated rings.